The second kappa shape index (κ2) is 8.77. The van der Waals surface area contributed by atoms with Crippen molar-refractivity contribution >= 4 is 0 Å². The molecule has 0 atom stereocenters. The van der Waals surface area contributed by atoms with Crippen LogP contribution < -0.4 is 0 Å². The maximum absolute atomic E-state index is 2.42. The van der Waals surface area contributed by atoms with E-state index in [1.54, 1.807) is 22.3 Å². The van der Waals surface area contributed by atoms with Crippen molar-refractivity contribution in [3.63, 3.8) is 0 Å². The van der Waals surface area contributed by atoms with Crippen molar-refractivity contribution in [2.24, 2.45) is 11.8 Å². The van der Waals surface area contributed by atoms with Crippen LogP contribution >= 0.6 is 0 Å². The summed E-state index contributed by atoms with van der Waals surface area (Å²) >= 11 is 0. The Bertz CT molecular complexity index is 1200. The second-order valence-electron chi connectivity index (χ2n) is 12.0. The standard InChI is InChI=1S/C36H38/c1-25(2)23-35(31-17-9-5-13-27(31)28-14-6-10-18-32(28)35)21-22-36(24-26(3)4)33-19-11-7-15-29(33)30-16-8-12-20-34(30)36/h5-20,25-26H,21-24H2,1-4H3. The Kier molecular flexibility index (Phi) is 5.67. The Hall–Kier alpha value is -3.12. The first-order valence-corrected chi connectivity index (χ1v) is 13.8. The van der Waals surface area contributed by atoms with Crippen LogP contribution in [0.4, 0.5) is 0 Å². The largest absolute Gasteiger partial charge is 0.0627 e. The quantitative estimate of drug-likeness (QED) is 0.252. The third kappa shape index (κ3) is 3.41. The Morgan fingerprint density at radius 2 is 0.667 bits per heavy atom. The molecule has 0 radical (unpaired) electrons. The first-order valence-electron chi connectivity index (χ1n) is 13.8. The highest BCUT2D eigenvalue weighted by Gasteiger charge is 2.48. The van der Waals surface area contributed by atoms with Gasteiger partial charge < -0.3 is 0 Å². The Labute approximate surface area is 217 Å². The van der Waals surface area contributed by atoms with E-state index in [9.17, 15) is 0 Å². The van der Waals surface area contributed by atoms with Gasteiger partial charge in [-0.25, -0.2) is 0 Å². The van der Waals surface area contributed by atoms with Crippen molar-refractivity contribution in [2.75, 3.05) is 0 Å². The predicted octanol–water partition coefficient (Wildman–Crippen LogP) is 9.79. The molecule has 36 heavy (non-hydrogen) atoms. The molecule has 2 aliphatic rings. The van der Waals surface area contributed by atoms with Crippen molar-refractivity contribution in [1.29, 1.82) is 0 Å². The smallest absolute Gasteiger partial charge is 0.0218 e. The van der Waals surface area contributed by atoms with E-state index in [1.165, 1.54) is 35.1 Å². The van der Waals surface area contributed by atoms with E-state index in [0.717, 1.165) is 12.8 Å². The molecule has 0 aliphatic heterocycles. The zero-order chi connectivity index (χ0) is 24.9. The first-order chi connectivity index (χ1) is 17.5. The summed E-state index contributed by atoms with van der Waals surface area (Å²) in [4.78, 5) is 0. The molecule has 2 aliphatic carbocycles. The van der Waals surface area contributed by atoms with E-state index in [1.807, 2.05) is 0 Å². The molecule has 0 nitrogen and oxygen atoms in total. The fourth-order valence-electron chi connectivity index (χ4n) is 7.83. The lowest BCUT2D eigenvalue weighted by atomic mass is 9.63. The van der Waals surface area contributed by atoms with Gasteiger partial charge in [0, 0.05) is 10.8 Å². The third-order valence-electron chi connectivity index (χ3n) is 8.84. The molecule has 4 aromatic rings. The van der Waals surface area contributed by atoms with Crippen LogP contribution in [0.15, 0.2) is 97.1 Å². The molecule has 0 saturated heterocycles. The van der Waals surface area contributed by atoms with Crippen molar-refractivity contribution < 1.29 is 0 Å². The summed E-state index contributed by atoms with van der Waals surface area (Å²) in [5.41, 5.74) is 12.0. The van der Waals surface area contributed by atoms with Gasteiger partial charge in [0.15, 0.2) is 0 Å². The maximum atomic E-state index is 2.42. The highest BCUT2D eigenvalue weighted by molar-refractivity contribution is 5.82. The average molecular weight is 471 g/mol. The van der Waals surface area contributed by atoms with Gasteiger partial charge in [-0.3, -0.25) is 0 Å². The van der Waals surface area contributed by atoms with Crippen LogP contribution in [-0.4, -0.2) is 0 Å². The number of rotatable bonds is 7. The second-order valence-corrected chi connectivity index (χ2v) is 12.0. The Balaban J connectivity index is 1.53. The molecular weight excluding hydrogens is 432 g/mol. The van der Waals surface area contributed by atoms with Crippen molar-refractivity contribution in [2.45, 2.75) is 64.2 Å². The van der Waals surface area contributed by atoms with Gasteiger partial charge in [0.05, 0.1) is 0 Å². The van der Waals surface area contributed by atoms with Crippen LogP contribution in [0.3, 0.4) is 0 Å². The predicted molar refractivity (Wildman–Crippen MR) is 153 cm³/mol. The molecule has 0 bridgehead atoms. The van der Waals surface area contributed by atoms with Crippen LogP contribution in [0.1, 0.15) is 75.6 Å². The highest BCUT2D eigenvalue weighted by Crippen LogP contribution is 2.59. The minimum atomic E-state index is 0.0534. The minimum Gasteiger partial charge on any atom is -0.0627 e. The summed E-state index contributed by atoms with van der Waals surface area (Å²) in [6, 6.07) is 36.9. The summed E-state index contributed by atoms with van der Waals surface area (Å²) in [7, 11) is 0. The molecule has 0 amide bonds. The fraction of sp³-hybridized carbons (Fsp3) is 0.333. The van der Waals surface area contributed by atoms with E-state index in [4.69, 9.17) is 0 Å². The molecule has 182 valence electrons. The molecule has 4 aromatic carbocycles. The molecule has 0 heterocycles. The summed E-state index contributed by atoms with van der Waals surface area (Å²) < 4.78 is 0. The average Bonchev–Trinajstić information content (AvgIpc) is 3.31. The van der Waals surface area contributed by atoms with Gasteiger partial charge in [-0.15, -0.1) is 0 Å². The van der Waals surface area contributed by atoms with Crippen LogP contribution in [0.2, 0.25) is 0 Å². The topological polar surface area (TPSA) is 0 Å². The summed E-state index contributed by atoms with van der Waals surface area (Å²) in [5, 5.41) is 0. The number of benzene rings is 4. The normalized spacial score (nSPS) is 16.1. The van der Waals surface area contributed by atoms with Crippen LogP contribution in [-0.2, 0) is 10.8 Å². The van der Waals surface area contributed by atoms with Crippen LogP contribution in [0.5, 0.6) is 0 Å². The molecule has 6 rings (SSSR count). The van der Waals surface area contributed by atoms with Crippen LogP contribution in [0, 0.1) is 11.8 Å². The molecule has 0 saturated carbocycles. The van der Waals surface area contributed by atoms with E-state index >= 15 is 0 Å². The van der Waals surface area contributed by atoms with Crippen molar-refractivity contribution in [1.82, 2.24) is 0 Å². The molecule has 0 N–H and O–H groups in total. The SMILES string of the molecule is CC(C)CC1(CCC2(CC(C)C)c3ccccc3-c3ccccc32)c2ccccc2-c2ccccc21. The van der Waals surface area contributed by atoms with Gasteiger partial charge in [0.25, 0.3) is 0 Å². The lowest BCUT2D eigenvalue weighted by Crippen LogP contribution is -2.34. The lowest BCUT2D eigenvalue weighted by Gasteiger charge is -2.40. The van der Waals surface area contributed by atoms with E-state index < -0.39 is 0 Å². The van der Waals surface area contributed by atoms with Gasteiger partial charge in [-0.2, -0.15) is 0 Å². The van der Waals surface area contributed by atoms with Gasteiger partial charge in [-0.05, 0) is 82.0 Å². The molecule has 0 fully saturated rings. The molecular formula is C36H38. The minimum absolute atomic E-state index is 0.0534. The Morgan fingerprint density at radius 1 is 0.417 bits per heavy atom. The molecule has 0 unspecified atom stereocenters. The fourth-order valence-corrected chi connectivity index (χ4v) is 7.83. The molecule has 0 heteroatoms. The number of hydrogen-bond acceptors (Lipinski definition) is 0. The van der Waals surface area contributed by atoms with Crippen molar-refractivity contribution in [3.05, 3.63) is 119 Å². The van der Waals surface area contributed by atoms with Gasteiger partial charge >= 0.3 is 0 Å². The van der Waals surface area contributed by atoms with Gasteiger partial charge in [-0.1, -0.05) is 125 Å². The number of hydrogen-bond donors (Lipinski definition) is 0. The van der Waals surface area contributed by atoms with E-state index in [2.05, 4.69) is 125 Å². The van der Waals surface area contributed by atoms with Gasteiger partial charge in [0.2, 0.25) is 0 Å². The third-order valence-corrected chi connectivity index (χ3v) is 8.84. The summed E-state index contributed by atoms with van der Waals surface area (Å²) in [6.07, 6.45) is 4.69. The summed E-state index contributed by atoms with van der Waals surface area (Å²) in [5.74, 6) is 1.24. The highest BCUT2D eigenvalue weighted by atomic mass is 14.5. The first kappa shape index (κ1) is 23.3. The van der Waals surface area contributed by atoms with E-state index in [0.29, 0.717) is 11.8 Å². The van der Waals surface area contributed by atoms with E-state index in [-0.39, 0.29) is 10.8 Å². The lowest BCUT2D eigenvalue weighted by molar-refractivity contribution is 0.306. The Morgan fingerprint density at radius 3 is 0.917 bits per heavy atom. The van der Waals surface area contributed by atoms with Crippen LogP contribution in [0.25, 0.3) is 22.3 Å². The maximum Gasteiger partial charge on any atom is 0.0218 e. The molecule has 0 spiro atoms. The zero-order valence-corrected chi connectivity index (χ0v) is 22.2. The van der Waals surface area contributed by atoms with Gasteiger partial charge in [0.1, 0.15) is 0 Å². The summed E-state index contributed by atoms with van der Waals surface area (Å²) in [6.45, 7) is 9.59. The van der Waals surface area contributed by atoms with Crippen molar-refractivity contribution in [3.8, 4) is 22.3 Å². The number of fused-ring (bicyclic) bond motifs is 6. The monoisotopic (exact) mass is 470 g/mol. The zero-order valence-electron chi connectivity index (χ0n) is 22.2. The molecule has 0 aromatic heterocycles.